The van der Waals surface area contributed by atoms with Crippen LogP contribution < -0.4 is 4.74 Å². The van der Waals surface area contributed by atoms with Crippen molar-refractivity contribution >= 4 is 34.4 Å². The fraction of sp³-hybridized carbons (Fsp3) is 0.250. The first kappa shape index (κ1) is 12.0. The summed E-state index contributed by atoms with van der Waals surface area (Å²) in [6, 6.07) is 4.71. The molecule has 0 spiro atoms. The highest BCUT2D eigenvalue weighted by Crippen LogP contribution is 2.30. The van der Waals surface area contributed by atoms with E-state index in [0.29, 0.717) is 3.57 Å². The highest BCUT2D eigenvalue weighted by Gasteiger charge is 2.31. The Bertz CT molecular complexity index is 327. The van der Waals surface area contributed by atoms with E-state index in [1.807, 2.05) is 0 Å². The van der Waals surface area contributed by atoms with Crippen molar-refractivity contribution in [3.05, 3.63) is 21.8 Å². The van der Waals surface area contributed by atoms with Crippen LogP contribution >= 0.6 is 34.4 Å². The van der Waals surface area contributed by atoms with Crippen LogP contribution in [0.4, 0.5) is 13.2 Å². The first-order valence-corrected chi connectivity index (χ1v) is 5.82. The zero-order valence-corrected chi connectivity index (χ0v) is 10.0. The van der Waals surface area contributed by atoms with Gasteiger partial charge in [-0.3, -0.25) is 0 Å². The lowest BCUT2D eigenvalue weighted by Gasteiger charge is -2.11. The molecule has 0 aliphatic heterocycles. The van der Waals surface area contributed by atoms with Crippen LogP contribution in [0.5, 0.6) is 5.75 Å². The summed E-state index contributed by atoms with van der Waals surface area (Å²) in [7, 11) is 0. The van der Waals surface area contributed by atoms with E-state index < -0.39 is 6.36 Å². The van der Waals surface area contributed by atoms with Gasteiger partial charge in [0.1, 0.15) is 5.75 Å². The van der Waals surface area contributed by atoms with E-state index in [-0.39, 0.29) is 5.75 Å². The monoisotopic (exact) mass is 334 g/mol. The highest BCUT2D eigenvalue weighted by atomic mass is 127. The molecule has 6 heteroatoms. The molecule has 0 radical (unpaired) electrons. The molecule has 0 saturated heterocycles. The van der Waals surface area contributed by atoms with Gasteiger partial charge in [0, 0.05) is 4.90 Å². The van der Waals surface area contributed by atoms with Crippen molar-refractivity contribution in [3.63, 3.8) is 0 Å². The zero-order chi connectivity index (χ0) is 10.8. The first-order chi connectivity index (χ1) is 6.42. The summed E-state index contributed by atoms with van der Waals surface area (Å²) in [5.74, 6) is -0.148. The molecular formula is C8H6F3IOS. The van der Waals surface area contributed by atoms with Gasteiger partial charge in [0.25, 0.3) is 0 Å². The number of thioether (sulfide) groups is 1. The van der Waals surface area contributed by atoms with Gasteiger partial charge in [-0.15, -0.1) is 24.9 Å². The minimum Gasteiger partial charge on any atom is -0.405 e. The SMILES string of the molecule is CSc1ccc(I)c(OC(F)(F)F)c1. The summed E-state index contributed by atoms with van der Waals surface area (Å²) in [4.78, 5) is 0.740. The highest BCUT2D eigenvalue weighted by molar-refractivity contribution is 14.1. The van der Waals surface area contributed by atoms with Crippen LogP contribution in [0.3, 0.4) is 0 Å². The summed E-state index contributed by atoms with van der Waals surface area (Å²) in [5, 5.41) is 0. The van der Waals surface area contributed by atoms with E-state index in [9.17, 15) is 13.2 Å². The summed E-state index contributed by atoms with van der Waals surface area (Å²) >= 11 is 3.17. The maximum atomic E-state index is 11.9. The number of rotatable bonds is 2. The molecule has 1 nitrogen and oxygen atoms in total. The number of ether oxygens (including phenoxy) is 1. The Morgan fingerprint density at radius 2 is 2.00 bits per heavy atom. The number of alkyl halides is 3. The summed E-state index contributed by atoms with van der Waals surface area (Å²) in [5.41, 5.74) is 0. The molecule has 0 heterocycles. The molecule has 0 unspecified atom stereocenters. The lowest BCUT2D eigenvalue weighted by atomic mass is 10.3. The summed E-state index contributed by atoms with van der Waals surface area (Å²) in [6.45, 7) is 0. The van der Waals surface area contributed by atoms with Gasteiger partial charge < -0.3 is 4.74 Å². The molecule has 1 aromatic rings. The molecule has 0 aliphatic rings. The van der Waals surface area contributed by atoms with E-state index in [4.69, 9.17) is 0 Å². The molecule has 0 bridgehead atoms. The lowest BCUT2D eigenvalue weighted by molar-refractivity contribution is -0.275. The minimum atomic E-state index is -4.63. The van der Waals surface area contributed by atoms with Crippen molar-refractivity contribution in [1.29, 1.82) is 0 Å². The maximum Gasteiger partial charge on any atom is 0.573 e. The second-order valence-electron chi connectivity index (χ2n) is 2.34. The van der Waals surface area contributed by atoms with Gasteiger partial charge in [0.2, 0.25) is 0 Å². The van der Waals surface area contributed by atoms with Gasteiger partial charge in [-0.2, -0.15) is 0 Å². The van der Waals surface area contributed by atoms with Crippen LogP contribution in [0, 0.1) is 3.57 Å². The van der Waals surface area contributed by atoms with Crippen molar-refractivity contribution in [1.82, 2.24) is 0 Å². The molecule has 0 N–H and O–H groups in total. The Labute approximate surface area is 97.2 Å². The van der Waals surface area contributed by atoms with Crippen molar-refractivity contribution in [3.8, 4) is 5.75 Å². The molecule has 0 aromatic heterocycles. The van der Waals surface area contributed by atoms with E-state index in [0.717, 1.165) is 4.90 Å². The maximum absolute atomic E-state index is 11.9. The smallest absolute Gasteiger partial charge is 0.405 e. The molecule has 14 heavy (non-hydrogen) atoms. The predicted molar refractivity (Wildman–Crippen MR) is 57.6 cm³/mol. The molecular weight excluding hydrogens is 328 g/mol. The Morgan fingerprint density at radius 1 is 1.36 bits per heavy atom. The number of halogens is 4. The van der Waals surface area contributed by atoms with Crippen LogP contribution in [-0.2, 0) is 0 Å². The third-order valence-electron chi connectivity index (χ3n) is 1.36. The molecule has 1 rings (SSSR count). The van der Waals surface area contributed by atoms with E-state index >= 15 is 0 Å². The molecule has 1 aromatic carbocycles. The normalized spacial score (nSPS) is 11.5. The fourth-order valence-electron chi connectivity index (χ4n) is 0.814. The average Bonchev–Trinajstić information content (AvgIpc) is 2.06. The van der Waals surface area contributed by atoms with Crippen LogP contribution in [0.1, 0.15) is 0 Å². The van der Waals surface area contributed by atoms with Gasteiger partial charge in [-0.1, -0.05) is 0 Å². The van der Waals surface area contributed by atoms with Crippen LogP contribution in [-0.4, -0.2) is 12.6 Å². The predicted octanol–water partition coefficient (Wildman–Crippen LogP) is 3.91. The average molecular weight is 334 g/mol. The van der Waals surface area contributed by atoms with Crippen LogP contribution in [0.15, 0.2) is 23.1 Å². The van der Waals surface area contributed by atoms with Crippen LogP contribution in [0.2, 0.25) is 0 Å². The summed E-state index contributed by atoms with van der Waals surface area (Å²) < 4.78 is 40.1. The Hall–Kier alpha value is -0.110. The molecule has 0 fully saturated rings. The molecule has 0 atom stereocenters. The van der Waals surface area contributed by atoms with Crippen molar-refractivity contribution in [2.45, 2.75) is 11.3 Å². The first-order valence-electron chi connectivity index (χ1n) is 3.51. The third kappa shape index (κ3) is 3.56. The molecule has 0 aliphatic carbocycles. The zero-order valence-electron chi connectivity index (χ0n) is 7.06. The number of hydrogen-bond donors (Lipinski definition) is 0. The standard InChI is InChI=1S/C8H6F3IOS/c1-14-5-2-3-6(12)7(4-5)13-8(9,10)11/h2-4H,1H3. The minimum absolute atomic E-state index is 0.148. The Morgan fingerprint density at radius 3 is 2.50 bits per heavy atom. The Balaban J connectivity index is 2.95. The lowest BCUT2D eigenvalue weighted by Crippen LogP contribution is -2.17. The number of benzene rings is 1. The van der Waals surface area contributed by atoms with Crippen LogP contribution in [0.25, 0.3) is 0 Å². The van der Waals surface area contributed by atoms with Gasteiger partial charge in [0.15, 0.2) is 0 Å². The quantitative estimate of drug-likeness (QED) is 0.599. The van der Waals surface area contributed by atoms with E-state index in [1.54, 1.807) is 41.0 Å². The van der Waals surface area contributed by atoms with E-state index in [1.165, 1.54) is 17.8 Å². The fourth-order valence-corrected chi connectivity index (χ4v) is 1.69. The molecule has 78 valence electrons. The summed E-state index contributed by atoms with van der Waals surface area (Å²) in [6.07, 6.45) is -2.84. The topological polar surface area (TPSA) is 9.23 Å². The number of hydrogen-bond acceptors (Lipinski definition) is 2. The van der Waals surface area contributed by atoms with Crippen molar-refractivity contribution < 1.29 is 17.9 Å². The Kier molecular flexibility index (Phi) is 3.94. The van der Waals surface area contributed by atoms with Gasteiger partial charge in [-0.25, -0.2) is 0 Å². The largest absolute Gasteiger partial charge is 0.573 e. The molecule has 0 amide bonds. The second-order valence-corrected chi connectivity index (χ2v) is 4.39. The van der Waals surface area contributed by atoms with E-state index in [2.05, 4.69) is 4.74 Å². The van der Waals surface area contributed by atoms with Gasteiger partial charge >= 0.3 is 6.36 Å². The van der Waals surface area contributed by atoms with Crippen molar-refractivity contribution in [2.75, 3.05) is 6.26 Å². The van der Waals surface area contributed by atoms with Crippen molar-refractivity contribution in [2.24, 2.45) is 0 Å². The second kappa shape index (κ2) is 4.61. The molecule has 0 saturated carbocycles. The third-order valence-corrected chi connectivity index (χ3v) is 2.98. The van der Waals surface area contributed by atoms with Gasteiger partial charge in [0.05, 0.1) is 3.57 Å². The van der Waals surface area contributed by atoms with Gasteiger partial charge in [-0.05, 0) is 47.0 Å².